The fraction of sp³-hybridized carbons (Fsp3) is 0.167. The molecule has 21 heavy (non-hydrogen) atoms. The SMILES string of the molecule is O=[N+]([O-])c1cc(CNc2ccc(Cl)c(C(F)(F)F)c2)cs1. The van der Waals surface area contributed by atoms with Gasteiger partial charge in [0.05, 0.1) is 15.5 Å². The predicted octanol–water partition coefficient (Wildman–Crippen LogP) is 4.94. The largest absolute Gasteiger partial charge is 0.417 e. The first-order chi connectivity index (χ1) is 9.77. The van der Waals surface area contributed by atoms with Gasteiger partial charge in [0.2, 0.25) is 0 Å². The Morgan fingerprint density at radius 2 is 2.05 bits per heavy atom. The van der Waals surface area contributed by atoms with E-state index in [4.69, 9.17) is 11.6 Å². The first-order valence-corrected chi connectivity index (χ1v) is 6.85. The summed E-state index contributed by atoms with van der Waals surface area (Å²) >= 11 is 6.48. The summed E-state index contributed by atoms with van der Waals surface area (Å²) in [7, 11) is 0. The summed E-state index contributed by atoms with van der Waals surface area (Å²) in [5.41, 5.74) is -0.0683. The van der Waals surface area contributed by atoms with Gasteiger partial charge in [-0.05, 0) is 23.8 Å². The lowest BCUT2D eigenvalue weighted by atomic mass is 10.2. The van der Waals surface area contributed by atoms with Crippen molar-refractivity contribution in [1.29, 1.82) is 0 Å². The third-order valence-electron chi connectivity index (χ3n) is 2.59. The van der Waals surface area contributed by atoms with Crippen LogP contribution in [0.2, 0.25) is 5.02 Å². The highest BCUT2D eigenvalue weighted by Gasteiger charge is 2.33. The molecule has 9 heteroatoms. The molecule has 0 radical (unpaired) electrons. The molecule has 2 rings (SSSR count). The zero-order valence-electron chi connectivity index (χ0n) is 10.3. The van der Waals surface area contributed by atoms with E-state index in [2.05, 4.69) is 5.32 Å². The van der Waals surface area contributed by atoms with Gasteiger partial charge in [0.25, 0.3) is 0 Å². The summed E-state index contributed by atoms with van der Waals surface area (Å²) in [4.78, 5) is 10.0. The molecule has 1 heterocycles. The van der Waals surface area contributed by atoms with Gasteiger partial charge in [0.15, 0.2) is 0 Å². The fourth-order valence-electron chi connectivity index (χ4n) is 1.61. The van der Waals surface area contributed by atoms with Gasteiger partial charge in [-0.15, -0.1) is 0 Å². The summed E-state index contributed by atoms with van der Waals surface area (Å²) < 4.78 is 38.1. The average molecular weight is 337 g/mol. The van der Waals surface area contributed by atoms with Crippen molar-refractivity contribution in [2.75, 3.05) is 5.32 Å². The number of nitrogens with one attached hydrogen (secondary N) is 1. The van der Waals surface area contributed by atoms with E-state index >= 15 is 0 Å². The summed E-state index contributed by atoms with van der Waals surface area (Å²) in [6.45, 7) is 0.184. The Kier molecular flexibility index (Phi) is 4.38. The van der Waals surface area contributed by atoms with Crippen molar-refractivity contribution in [3.05, 3.63) is 55.9 Å². The van der Waals surface area contributed by atoms with E-state index in [-0.39, 0.29) is 22.3 Å². The Morgan fingerprint density at radius 3 is 2.62 bits per heavy atom. The molecular weight excluding hydrogens is 329 g/mol. The number of alkyl halides is 3. The Bertz CT molecular complexity index is 673. The lowest BCUT2D eigenvalue weighted by Gasteiger charge is -2.12. The quantitative estimate of drug-likeness (QED) is 0.635. The number of hydrogen-bond acceptors (Lipinski definition) is 4. The first-order valence-electron chi connectivity index (χ1n) is 5.60. The van der Waals surface area contributed by atoms with Crippen LogP contribution in [0, 0.1) is 10.1 Å². The van der Waals surface area contributed by atoms with Crippen LogP contribution in [0.3, 0.4) is 0 Å². The third-order valence-corrected chi connectivity index (χ3v) is 3.85. The zero-order chi connectivity index (χ0) is 15.6. The summed E-state index contributed by atoms with van der Waals surface area (Å²) in [5, 5.41) is 14.5. The van der Waals surface area contributed by atoms with Crippen LogP contribution >= 0.6 is 22.9 Å². The molecule has 0 aliphatic heterocycles. The van der Waals surface area contributed by atoms with Crippen LogP contribution in [-0.4, -0.2) is 4.92 Å². The van der Waals surface area contributed by atoms with Crippen molar-refractivity contribution in [2.45, 2.75) is 12.7 Å². The number of nitro groups is 1. The van der Waals surface area contributed by atoms with Crippen LogP contribution in [0.4, 0.5) is 23.9 Å². The Hall–Kier alpha value is -1.80. The molecule has 0 bridgehead atoms. The van der Waals surface area contributed by atoms with Crippen LogP contribution in [0.5, 0.6) is 0 Å². The molecule has 0 saturated heterocycles. The standard InChI is InChI=1S/C12H8ClF3N2O2S/c13-10-2-1-8(4-9(10)12(14,15)16)17-5-7-3-11(18(19)20)21-6-7/h1-4,6,17H,5H2. The molecule has 4 nitrogen and oxygen atoms in total. The molecule has 0 atom stereocenters. The molecule has 0 unspecified atom stereocenters. The number of hydrogen-bond donors (Lipinski definition) is 1. The van der Waals surface area contributed by atoms with E-state index in [1.807, 2.05) is 0 Å². The average Bonchev–Trinajstić information content (AvgIpc) is 2.85. The molecule has 0 fully saturated rings. The van der Waals surface area contributed by atoms with Gasteiger partial charge in [-0.3, -0.25) is 10.1 Å². The van der Waals surface area contributed by atoms with E-state index in [1.54, 1.807) is 5.38 Å². The van der Waals surface area contributed by atoms with Crippen molar-refractivity contribution in [1.82, 2.24) is 0 Å². The van der Waals surface area contributed by atoms with Gasteiger partial charge in [-0.1, -0.05) is 22.9 Å². The maximum absolute atomic E-state index is 12.7. The molecular formula is C12H8ClF3N2O2S. The highest BCUT2D eigenvalue weighted by molar-refractivity contribution is 7.13. The van der Waals surface area contributed by atoms with Gasteiger partial charge in [0, 0.05) is 23.7 Å². The van der Waals surface area contributed by atoms with Crippen LogP contribution in [0.15, 0.2) is 29.6 Å². The van der Waals surface area contributed by atoms with E-state index in [0.717, 1.165) is 23.5 Å². The van der Waals surface area contributed by atoms with Crippen LogP contribution in [0.25, 0.3) is 0 Å². The van der Waals surface area contributed by atoms with Crippen molar-refractivity contribution >= 4 is 33.6 Å². The molecule has 0 amide bonds. The second kappa shape index (κ2) is 5.90. The van der Waals surface area contributed by atoms with Crippen LogP contribution in [-0.2, 0) is 12.7 Å². The Balaban J connectivity index is 2.11. The second-order valence-corrected chi connectivity index (χ2v) is 5.39. The topological polar surface area (TPSA) is 55.2 Å². The van der Waals surface area contributed by atoms with Crippen molar-refractivity contribution < 1.29 is 18.1 Å². The smallest absolute Gasteiger partial charge is 0.381 e. The van der Waals surface area contributed by atoms with Crippen molar-refractivity contribution in [2.24, 2.45) is 0 Å². The molecule has 2 aromatic rings. The predicted molar refractivity (Wildman–Crippen MR) is 74.8 cm³/mol. The first kappa shape index (κ1) is 15.6. The number of benzene rings is 1. The number of rotatable bonds is 4. The zero-order valence-corrected chi connectivity index (χ0v) is 11.9. The molecule has 1 N–H and O–H groups in total. The third kappa shape index (κ3) is 3.85. The van der Waals surface area contributed by atoms with E-state index in [0.29, 0.717) is 5.56 Å². The molecule has 1 aromatic carbocycles. The maximum Gasteiger partial charge on any atom is 0.417 e. The minimum absolute atomic E-state index is 0.0149. The van der Waals surface area contributed by atoms with E-state index in [1.165, 1.54) is 12.1 Å². The Morgan fingerprint density at radius 1 is 1.33 bits per heavy atom. The van der Waals surface area contributed by atoms with Gasteiger partial charge < -0.3 is 5.32 Å². The monoisotopic (exact) mass is 336 g/mol. The summed E-state index contributed by atoms with van der Waals surface area (Å²) in [5.74, 6) is 0. The normalized spacial score (nSPS) is 11.4. The van der Waals surface area contributed by atoms with Gasteiger partial charge in [0.1, 0.15) is 0 Å². The molecule has 0 aliphatic carbocycles. The maximum atomic E-state index is 12.7. The van der Waals surface area contributed by atoms with Gasteiger partial charge >= 0.3 is 11.2 Å². The van der Waals surface area contributed by atoms with Crippen LogP contribution < -0.4 is 5.32 Å². The van der Waals surface area contributed by atoms with Crippen molar-refractivity contribution in [3.8, 4) is 0 Å². The van der Waals surface area contributed by atoms with Gasteiger partial charge in [-0.25, -0.2) is 0 Å². The van der Waals surface area contributed by atoms with Crippen LogP contribution in [0.1, 0.15) is 11.1 Å². The molecule has 0 aliphatic rings. The molecule has 1 aromatic heterocycles. The minimum Gasteiger partial charge on any atom is -0.381 e. The number of anilines is 1. The molecule has 112 valence electrons. The number of thiophene rings is 1. The Labute approximate surface area is 126 Å². The molecule has 0 spiro atoms. The number of halogens is 4. The van der Waals surface area contributed by atoms with E-state index < -0.39 is 16.7 Å². The van der Waals surface area contributed by atoms with E-state index in [9.17, 15) is 23.3 Å². The molecule has 0 saturated carbocycles. The minimum atomic E-state index is -4.53. The van der Waals surface area contributed by atoms with Crippen molar-refractivity contribution in [3.63, 3.8) is 0 Å². The highest BCUT2D eigenvalue weighted by atomic mass is 35.5. The summed E-state index contributed by atoms with van der Waals surface area (Å²) in [6, 6.07) is 4.85. The fourth-order valence-corrected chi connectivity index (χ4v) is 2.56. The highest BCUT2D eigenvalue weighted by Crippen LogP contribution is 2.36. The second-order valence-electron chi connectivity index (χ2n) is 4.10. The van der Waals surface area contributed by atoms with Gasteiger partial charge in [-0.2, -0.15) is 13.2 Å². The summed E-state index contributed by atoms with van der Waals surface area (Å²) in [6.07, 6.45) is -4.53. The lowest BCUT2D eigenvalue weighted by Crippen LogP contribution is -2.07. The number of nitrogens with zero attached hydrogens (tertiary/aromatic N) is 1. The lowest BCUT2D eigenvalue weighted by molar-refractivity contribution is -0.380.